The van der Waals surface area contributed by atoms with Gasteiger partial charge in [-0.05, 0) is 38.5 Å². The zero-order chi connectivity index (χ0) is 20.0. The standard InChI is InChI=1S/C19H22N4O3S/c1-11-13(3)27-19(23-11)21-10-15(9-20)18(24)22-12(2)14-6-7-16(25-4)17(8-14)26-5/h6-8,10,12H,1-5H3,(H,21,23)(H,22,24)/b15-10-. The van der Waals surface area contributed by atoms with E-state index < -0.39 is 5.91 Å². The summed E-state index contributed by atoms with van der Waals surface area (Å²) in [5.41, 5.74) is 1.71. The van der Waals surface area contributed by atoms with E-state index in [0.717, 1.165) is 16.1 Å². The highest BCUT2D eigenvalue weighted by Crippen LogP contribution is 2.30. The van der Waals surface area contributed by atoms with E-state index in [1.165, 1.54) is 17.5 Å². The normalized spacial score (nSPS) is 12.1. The van der Waals surface area contributed by atoms with Crippen molar-refractivity contribution in [3.63, 3.8) is 0 Å². The number of amides is 1. The molecular weight excluding hydrogens is 364 g/mol. The highest BCUT2D eigenvalue weighted by atomic mass is 32.1. The highest BCUT2D eigenvalue weighted by molar-refractivity contribution is 7.15. The molecule has 0 bridgehead atoms. The van der Waals surface area contributed by atoms with Crippen LogP contribution in [0.2, 0.25) is 0 Å². The zero-order valence-corrected chi connectivity index (χ0v) is 16.7. The maximum absolute atomic E-state index is 12.4. The monoisotopic (exact) mass is 386 g/mol. The van der Waals surface area contributed by atoms with Gasteiger partial charge >= 0.3 is 0 Å². The Bertz CT molecular complexity index is 879. The summed E-state index contributed by atoms with van der Waals surface area (Å²) in [4.78, 5) is 17.8. The van der Waals surface area contributed by atoms with E-state index in [-0.39, 0.29) is 11.6 Å². The van der Waals surface area contributed by atoms with Gasteiger partial charge in [0.2, 0.25) is 0 Å². The third kappa shape index (κ3) is 4.99. The Morgan fingerprint density at radius 2 is 2.00 bits per heavy atom. The fraction of sp³-hybridized carbons (Fsp3) is 0.316. The topological polar surface area (TPSA) is 96.3 Å². The van der Waals surface area contributed by atoms with Crippen LogP contribution in [0.15, 0.2) is 30.0 Å². The average Bonchev–Trinajstić information content (AvgIpc) is 2.99. The molecule has 0 radical (unpaired) electrons. The predicted molar refractivity (Wildman–Crippen MR) is 105 cm³/mol. The first kappa shape index (κ1) is 20.3. The van der Waals surface area contributed by atoms with Gasteiger partial charge in [-0.3, -0.25) is 4.79 Å². The molecule has 27 heavy (non-hydrogen) atoms. The molecule has 2 aromatic rings. The number of rotatable bonds is 7. The van der Waals surface area contributed by atoms with E-state index in [1.54, 1.807) is 26.4 Å². The van der Waals surface area contributed by atoms with Crippen molar-refractivity contribution in [2.45, 2.75) is 26.8 Å². The first-order valence-corrected chi connectivity index (χ1v) is 9.04. The van der Waals surface area contributed by atoms with Gasteiger partial charge in [0.05, 0.1) is 26.0 Å². The maximum Gasteiger partial charge on any atom is 0.263 e. The second kappa shape index (κ2) is 9.05. The zero-order valence-electron chi connectivity index (χ0n) is 15.9. The van der Waals surface area contributed by atoms with Crippen molar-refractivity contribution in [3.8, 4) is 17.6 Å². The summed E-state index contributed by atoms with van der Waals surface area (Å²) in [6.45, 7) is 5.70. The number of carbonyl (C=O) groups excluding carboxylic acids is 1. The number of nitriles is 1. The number of anilines is 1. The SMILES string of the molecule is COc1ccc(C(C)NC(=O)/C(C#N)=C\Nc2nc(C)c(C)s2)cc1OC. The van der Waals surface area contributed by atoms with E-state index in [9.17, 15) is 10.1 Å². The van der Waals surface area contributed by atoms with Gasteiger partial charge < -0.3 is 20.1 Å². The quantitative estimate of drug-likeness (QED) is 0.559. The lowest BCUT2D eigenvalue weighted by Crippen LogP contribution is -2.28. The van der Waals surface area contributed by atoms with E-state index in [4.69, 9.17) is 9.47 Å². The van der Waals surface area contributed by atoms with E-state index in [1.807, 2.05) is 32.9 Å². The molecule has 1 aromatic carbocycles. The van der Waals surface area contributed by atoms with Crippen LogP contribution in [0.5, 0.6) is 11.5 Å². The second-order valence-corrected chi connectivity index (χ2v) is 6.99. The molecule has 1 heterocycles. The molecular formula is C19H22N4O3S. The average molecular weight is 386 g/mol. The predicted octanol–water partition coefficient (Wildman–Crippen LogP) is 3.47. The van der Waals surface area contributed by atoms with Crippen LogP contribution in [0.3, 0.4) is 0 Å². The van der Waals surface area contributed by atoms with Gasteiger partial charge in [-0.2, -0.15) is 5.26 Å². The minimum absolute atomic E-state index is 0.0344. The molecule has 0 saturated carbocycles. The summed E-state index contributed by atoms with van der Waals surface area (Å²) in [6.07, 6.45) is 1.37. The summed E-state index contributed by atoms with van der Waals surface area (Å²) in [5.74, 6) is 0.705. The molecule has 1 unspecified atom stereocenters. The number of aromatic nitrogens is 1. The van der Waals surface area contributed by atoms with E-state index in [0.29, 0.717) is 16.6 Å². The molecule has 1 amide bonds. The molecule has 0 aliphatic rings. The van der Waals surface area contributed by atoms with Crippen LogP contribution < -0.4 is 20.1 Å². The third-order valence-electron chi connectivity index (χ3n) is 3.99. The van der Waals surface area contributed by atoms with Crippen LogP contribution in [-0.4, -0.2) is 25.1 Å². The summed E-state index contributed by atoms with van der Waals surface area (Å²) < 4.78 is 10.5. The molecule has 142 valence electrons. The number of hydrogen-bond donors (Lipinski definition) is 2. The number of ether oxygens (including phenoxy) is 2. The molecule has 0 fully saturated rings. The number of carbonyl (C=O) groups is 1. The molecule has 0 spiro atoms. The van der Waals surface area contributed by atoms with E-state index >= 15 is 0 Å². The van der Waals surface area contributed by atoms with Crippen LogP contribution >= 0.6 is 11.3 Å². The highest BCUT2D eigenvalue weighted by Gasteiger charge is 2.16. The maximum atomic E-state index is 12.4. The second-order valence-electron chi connectivity index (χ2n) is 5.78. The number of nitrogens with zero attached hydrogens (tertiary/aromatic N) is 2. The largest absolute Gasteiger partial charge is 0.493 e. The number of thiazole rings is 1. The minimum atomic E-state index is -0.475. The summed E-state index contributed by atoms with van der Waals surface area (Å²) >= 11 is 1.46. The van der Waals surface area contributed by atoms with Crippen molar-refractivity contribution in [1.29, 1.82) is 5.26 Å². The Morgan fingerprint density at radius 1 is 1.30 bits per heavy atom. The van der Waals surface area contributed by atoms with Gasteiger partial charge in [0.1, 0.15) is 11.6 Å². The van der Waals surface area contributed by atoms with Crippen molar-refractivity contribution in [3.05, 3.63) is 46.1 Å². The summed E-state index contributed by atoms with van der Waals surface area (Å²) in [6, 6.07) is 6.98. The van der Waals surface area contributed by atoms with Gasteiger partial charge in [0, 0.05) is 11.1 Å². The Kier molecular flexibility index (Phi) is 6.79. The van der Waals surface area contributed by atoms with Crippen LogP contribution in [0, 0.1) is 25.2 Å². The van der Waals surface area contributed by atoms with Gasteiger partial charge in [0.25, 0.3) is 5.91 Å². The van der Waals surface area contributed by atoms with Gasteiger partial charge in [-0.25, -0.2) is 4.98 Å². The Morgan fingerprint density at radius 3 is 2.56 bits per heavy atom. The number of hydrogen-bond acceptors (Lipinski definition) is 7. The lowest BCUT2D eigenvalue weighted by molar-refractivity contribution is -0.117. The van der Waals surface area contributed by atoms with Crippen molar-refractivity contribution in [2.24, 2.45) is 0 Å². The van der Waals surface area contributed by atoms with Crippen LogP contribution in [0.25, 0.3) is 0 Å². The van der Waals surface area contributed by atoms with Crippen molar-refractivity contribution < 1.29 is 14.3 Å². The number of nitrogens with one attached hydrogen (secondary N) is 2. The van der Waals surface area contributed by atoms with Crippen molar-refractivity contribution in [1.82, 2.24) is 10.3 Å². The Balaban J connectivity index is 2.09. The number of benzene rings is 1. The molecule has 2 rings (SSSR count). The molecule has 0 aliphatic carbocycles. The van der Waals surface area contributed by atoms with E-state index in [2.05, 4.69) is 15.6 Å². The fourth-order valence-electron chi connectivity index (χ4n) is 2.30. The summed E-state index contributed by atoms with van der Waals surface area (Å²) in [5, 5.41) is 15.6. The fourth-order valence-corrected chi connectivity index (χ4v) is 3.08. The molecule has 0 aliphatic heterocycles. The molecule has 7 nitrogen and oxygen atoms in total. The smallest absolute Gasteiger partial charge is 0.263 e. The summed E-state index contributed by atoms with van der Waals surface area (Å²) in [7, 11) is 3.11. The van der Waals surface area contributed by atoms with Crippen LogP contribution in [-0.2, 0) is 4.79 Å². The molecule has 1 aromatic heterocycles. The van der Waals surface area contributed by atoms with Gasteiger partial charge in [-0.15, -0.1) is 11.3 Å². The first-order chi connectivity index (χ1) is 12.9. The molecule has 2 N–H and O–H groups in total. The molecule has 1 atom stereocenters. The lowest BCUT2D eigenvalue weighted by atomic mass is 10.1. The van der Waals surface area contributed by atoms with Crippen LogP contribution in [0.1, 0.15) is 29.1 Å². The third-order valence-corrected chi connectivity index (χ3v) is 4.99. The first-order valence-electron chi connectivity index (χ1n) is 8.23. The van der Waals surface area contributed by atoms with Crippen molar-refractivity contribution >= 4 is 22.4 Å². The number of aryl methyl sites for hydroxylation is 2. The molecule has 8 heteroatoms. The van der Waals surface area contributed by atoms with Gasteiger partial charge in [0.15, 0.2) is 16.6 Å². The number of methoxy groups -OCH3 is 2. The van der Waals surface area contributed by atoms with Crippen molar-refractivity contribution in [2.75, 3.05) is 19.5 Å². The van der Waals surface area contributed by atoms with Crippen LogP contribution in [0.4, 0.5) is 5.13 Å². The minimum Gasteiger partial charge on any atom is -0.493 e. The molecule has 0 saturated heterocycles. The Labute approximate surface area is 162 Å². The Hall–Kier alpha value is -3.05. The lowest BCUT2D eigenvalue weighted by Gasteiger charge is -2.16. The van der Waals surface area contributed by atoms with Gasteiger partial charge in [-0.1, -0.05) is 6.07 Å².